The molecule has 0 N–H and O–H groups in total. The predicted octanol–water partition coefficient (Wildman–Crippen LogP) is 5.25. The Morgan fingerprint density at radius 2 is 1.12 bits per heavy atom. The molecule has 4 rings (SSSR count). The summed E-state index contributed by atoms with van der Waals surface area (Å²) in [7, 11) is 0. The van der Waals surface area contributed by atoms with Crippen LogP contribution >= 0.6 is 0 Å². The van der Waals surface area contributed by atoms with E-state index in [1.165, 1.54) is 36.8 Å². The number of hydrogen-bond donors (Lipinski definition) is 0. The van der Waals surface area contributed by atoms with Crippen LogP contribution in [-0.4, -0.2) is 21.2 Å². The van der Waals surface area contributed by atoms with Crippen molar-refractivity contribution in [3.8, 4) is 0 Å². The van der Waals surface area contributed by atoms with Gasteiger partial charge in [-0.25, -0.2) is 0 Å². The first-order valence-electron chi connectivity index (χ1n) is 9.60. The van der Waals surface area contributed by atoms with Gasteiger partial charge in [-0.15, -0.1) is 0 Å². The van der Waals surface area contributed by atoms with Gasteiger partial charge in [0.15, 0.2) is 0 Å². The lowest BCUT2D eigenvalue weighted by molar-refractivity contribution is -0.0606. The standard InChI is InChI=1S/C22H28N2O/c1-17(19-3-11-23-12-4-19)15-21(7-8-21)25-22(9-10-22)16-18(2)20-5-13-24-14-6-20/h3-6,11-14,17-18H,7-10,15-16H2,1-2H3. The second kappa shape index (κ2) is 6.53. The van der Waals surface area contributed by atoms with E-state index in [-0.39, 0.29) is 11.2 Å². The minimum atomic E-state index is 0.122. The highest BCUT2D eigenvalue weighted by Gasteiger charge is 2.55. The second-order valence-corrected chi connectivity index (χ2v) is 8.24. The summed E-state index contributed by atoms with van der Waals surface area (Å²) < 4.78 is 6.80. The minimum absolute atomic E-state index is 0.122. The van der Waals surface area contributed by atoms with Crippen LogP contribution in [0.4, 0.5) is 0 Å². The van der Waals surface area contributed by atoms with Crippen LogP contribution in [0.5, 0.6) is 0 Å². The molecule has 0 saturated heterocycles. The zero-order valence-electron chi connectivity index (χ0n) is 15.3. The smallest absolute Gasteiger partial charge is 0.0698 e. The van der Waals surface area contributed by atoms with Crippen molar-refractivity contribution in [2.24, 2.45) is 0 Å². The summed E-state index contributed by atoms with van der Waals surface area (Å²) in [5.41, 5.74) is 2.99. The molecule has 0 aromatic carbocycles. The SMILES string of the molecule is CC(CC1(OC2(CC(C)c3ccncc3)CC2)CC1)c1ccncc1. The van der Waals surface area contributed by atoms with Crippen molar-refractivity contribution < 1.29 is 4.74 Å². The first kappa shape index (κ1) is 16.7. The van der Waals surface area contributed by atoms with E-state index < -0.39 is 0 Å². The van der Waals surface area contributed by atoms with Crippen molar-refractivity contribution in [3.63, 3.8) is 0 Å². The maximum atomic E-state index is 6.80. The van der Waals surface area contributed by atoms with Gasteiger partial charge >= 0.3 is 0 Å². The second-order valence-electron chi connectivity index (χ2n) is 8.24. The summed E-state index contributed by atoms with van der Waals surface area (Å²) in [5, 5.41) is 0. The molecule has 3 heteroatoms. The summed E-state index contributed by atoms with van der Waals surface area (Å²) in [6, 6.07) is 8.55. The molecule has 2 aromatic rings. The van der Waals surface area contributed by atoms with E-state index in [4.69, 9.17) is 4.74 Å². The molecule has 2 saturated carbocycles. The van der Waals surface area contributed by atoms with Crippen LogP contribution in [0.2, 0.25) is 0 Å². The first-order valence-corrected chi connectivity index (χ1v) is 9.60. The molecule has 0 bridgehead atoms. The molecule has 2 aromatic heterocycles. The molecule has 132 valence electrons. The van der Waals surface area contributed by atoms with Crippen LogP contribution in [0, 0.1) is 0 Å². The highest BCUT2D eigenvalue weighted by molar-refractivity contribution is 5.19. The van der Waals surface area contributed by atoms with Gasteiger partial charge in [-0.1, -0.05) is 13.8 Å². The van der Waals surface area contributed by atoms with Gasteiger partial charge in [-0.2, -0.15) is 0 Å². The Kier molecular flexibility index (Phi) is 4.36. The molecular formula is C22H28N2O. The van der Waals surface area contributed by atoms with Gasteiger partial charge in [0.1, 0.15) is 0 Å². The Morgan fingerprint density at radius 3 is 1.44 bits per heavy atom. The lowest BCUT2D eigenvalue weighted by Gasteiger charge is -2.29. The highest BCUT2D eigenvalue weighted by atomic mass is 16.5. The fraction of sp³-hybridized carbons (Fsp3) is 0.545. The summed E-state index contributed by atoms with van der Waals surface area (Å²) in [6.45, 7) is 4.63. The van der Waals surface area contributed by atoms with Crippen LogP contribution in [0.3, 0.4) is 0 Å². The number of pyridine rings is 2. The van der Waals surface area contributed by atoms with E-state index in [1.54, 1.807) is 0 Å². The molecule has 25 heavy (non-hydrogen) atoms. The largest absolute Gasteiger partial charge is 0.369 e. The Labute approximate surface area is 150 Å². The minimum Gasteiger partial charge on any atom is -0.369 e. The molecule has 2 unspecified atom stereocenters. The van der Waals surface area contributed by atoms with Gasteiger partial charge in [0.2, 0.25) is 0 Å². The Balaban J connectivity index is 1.38. The molecule has 2 aliphatic carbocycles. The van der Waals surface area contributed by atoms with E-state index >= 15 is 0 Å². The third kappa shape index (κ3) is 3.92. The molecule has 0 amide bonds. The fourth-order valence-corrected chi connectivity index (χ4v) is 4.17. The summed E-state index contributed by atoms with van der Waals surface area (Å²) in [4.78, 5) is 8.27. The molecule has 0 aliphatic heterocycles. The van der Waals surface area contributed by atoms with Gasteiger partial charge in [-0.05, 0) is 85.8 Å². The molecule has 3 nitrogen and oxygen atoms in total. The lowest BCUT2D eigenvalue weighted by atomic mass is 9.93. The van der Waals surface area contributed by atoms with Crippen molar-refractivity contribution in [3.05, 3.63) is 60.2 Å². The summed E-state index contributed by atoms with van der Waals surface area (Å²) in [6.07, 6.45) is 14.7. The topological polar surface area (TPSA) is 35.0 Å². The van der Waals surface area contributed by atoms with Crippen molar-refractivity contribution in [1.82, 2.24) is 9.97 Å². The molecular weight excluding hydrogens is 308 g/mol. The van der Waals surface area contributed by atoms with Crippen molar-refractivity contribution in [2.45, 2.75) is 75.4 Å². The predicted molar refractivity (Wildman–Crippen MR) is 99.6 cm³/mol. The summed E-state index contributed by atoms with van der Waals surface area (Å²) >= 11 is 0. The van der Waals surface area contributed by atoms with Crippen LogP contribution in [-0.2, 0) is 4.74 Å². The molecule has 0 spiro atoms. The van der Waals surface area contributed by atoms with Gasteiger partial charge < -0.3 is 4.74 Å². The third-order valence-electron chi connectivity index (χ3n) is 5.96. The maximum Gasteiger partial charge on any atom is 0.0698 e. The zero-order chi connectivity index (χ0) is 17.3. The lowest BCUT2D eigenvalue weighted by Crippen LogP contribution is -2.28. The Hall–Kier alpha value is -1.74. The molecule has 0 radical (unpaired) electrons. The molecule has 2 aliphatic rings. The van der Waals surface area contributed by atoms with Crippen LogP contribution in [0.25, 0.3) is 0 Å². The first-order chi connectivity index (χ1) is 12.1. The molecule has 2 fully saturated rings. The number of ether oxygens (including phenoxy) is 1. The van der Waals surface area contributed by atoms with Crippen LogP contribution in [0.1, 0.15) is 75.3 Å². The van der Waals surface area contributed by atoms with E-state index in [2.05, 4.69) is 48.1 Å². The van der Waals surface area contributed by atoms with Crippen molar-refractivity contribution >= 4 is 0 Å². The van der Waals surface area contributed by atoms with E-state index in [9.17, 15) is 0 Å². The molecule has 2 heterocycles. The number of hydrogen-bond acceptors (Lipinski definition) is 3. The van der Waals surface area contributed by atoms with Gasteiger partial charge in [0, 0.05) is 24.8 Å². The van der Waals surface area contributed by atoms with Crippen LogP contribution in [0.15, 0.2) is 49.1 Å². The number of aromatic nitrogens is 2. The van der Waals surface area contributed by atoms with Gasteiger partial charge in [0.25, 0.3) is 0 Å². The van der Waals surface area contributed by atoms with Crippen molar-refractivity contribution in [1.29, 1.82) is 0 Å². The number of nitrogens with zero attached hydrogens (tertiary/aromatic N) is 2. The summed E-state index contributed by atoms with van der Waals surface area (Å²) in [5.74, 6) is 1.05. The van der Waals surface area contributed by atoms with E-state index in [0.29, 0.717) is 11.8 Å². The van der Waals surface area contributed by atoms with Gasteiger partial charge in [0.05, 0.1) is 11.2 Å². The highest BCUT2D eigenvalue weighted by Crippen LogP contribution is 2.57. The van der Waals surface area contributed by atoms with Gasteiger partial charge in [-0.3, -0.25) is 9.97 Å². The quantitative estimate of drug-likeness (QED) is 0.661. The number of rotatable bonds is 8. The Bertz CT molecular complexity index is 631. The van der Waals surface area contributed by atoms with Crippen molar-refractivity contribution in [2.75, 3.05) is 0 Å². The third-order valence-corrected chi connectivity index (χ3v) is 5.96. The van der Waals surface area contributed by atoms with E-state index in [1.807, 2.05) is 24.8 Å². The average molecular weight is 336 g/mol. The van der Waals surface area contributed by atoms with E-state index in [0.717, 1.165) is 12.8 Å². The maximum absolute atomic E-state index is 6.80. The monoisotopic (exact) mass is 336 g/mol. The normalized spacial score (nSPS) is 22.2. The molecule has 2 atom stereocenters. The Morgan fingerprint density at radius 1 is 0.760 bits per heavy atom. The fourth-order valence-electron chi connectivity index (χ4n) is 4.17. The average Bonchev–Trinajstić information content (AvgIpc) is 3.56. The van der Waals surface area contributed by atoms with Crippen LogP contribution < -0.4 is 0 Å². The zero-order valence-corrected chi connectivity index (χ0v) is 15.3.